The summed E-state index contributed by atoms with van der Waals surface area (Å²) < 4.78 is 37.8. The summed E-state index contributed by atoms with van der Waals surface area (Å²) in [5, 5.41) is 8.21. The molecule has 10 heteroatoms. The van der Waals surface area contributed by atoms with E-state index >= 15 is 0 Å². The van der Waals surface area contributed by atoms with Crippen molar-refractivity contribution >= 4 is 33.4 Å². The molecule has 0 radical (unpaired) electrons. The molecule has 1 amide bonds. The summed E-state index contributed by atoms with van der Waals surface area (Å²) in [6, 6.07) is 11.7. The zero-order chi connectivity index (χ0) is 19.4. The number of nitrogens with one attached hydrogen (secondary N) is 1. The number of nitrogens with two attached hydrogens (primary N) is 1. The van der Waals surface area contributed by atoms with E-state index in [1.807, 2.05) is 0 Å². The molecule has 1 heterocycles. The van der Waals surface area contributed by atoms with Crippen LogP contribution in [0, 0.1) is 5.82 Å². The number of hydrogen-bond acceptors (Lipinski definition) is 5. The highest BCUT2D eigenvalue weighted by Gasteiger charge is 2.12. The van der Waals surface area contributed by atoms with E-state index in [1.165, 1.54) is 42.1 Å². The maximum Gasteiger partial charge on any atom is 0.238 e. The van der Waals surface area contributed by atoms with Gasteiger partial charge in [0.2, 0.25) is 15.9 Å². The molecule has 0 fully saturated rings. The van der Waals surface area contributed by atoms with Gasteiger partial charge in [0.15, 0.2) is 5.16 Å². The normalized spacial score (nSPS) is 11.3. The Bertz CT molecular complexity index is 1080. The highest BCUT2D eigenvalue weighted by molar-refractivity contribution is 7.99. The van der Waals surface area contributed by atoms with Crippen LogP contribution in [0.15, 0.2) is 71.0 Å². The van der Waals surface area contributed by atoms with Crippen molar-refractivity contribution in [3.8, 4) is 5.69 Å². The molecule has 0 bridgehead atoms. The van der Waals surface area contributed by atoms with Crippen molar-refractivity contribution in [3.63, 3.8) is 0 Å². The van der Waals surface area contributed by atoms with Crippen LogP contribution in [-0.2, 0) is 14.8 Å². The van der Waals surface area contributed by atoms with Gasteiger partial charge in [-0.25, -0.2) is 22.9 Å². The minimum Gasteiger partial charge on any atom is -0.325 e. The van der Waals surface area contributed by atoms with Gasteiger partial charge in [-0.05, 0) is 36.4 Å². The number of hydrogen-bond donors (Lipinski definition) is 2. The van der Waals surface area contributed by atoms with Crippen LogP contribution in [-0.4, -0.2) is 29.6 Å². The molecule has 0 atom stereocenters. The van der Waals surface area contributed by atoms with Crippen molar-refractivity contribution in [2.75, 3.05) is 11.1 Å². The lowest BCUT2D eigenvalue weighted by Gasteiger charge is -2.09. The van der Waals surface area contributed by atoms with Gasteiger partial charge >= 0.3 is 0 Å². The van der Waals surface area contributed by atoms with Gasteiger partial charge in [-0.15, -0.1) is 0 Å². The molecule has 0 aliphatic rings. The van der Waals surface area contributed by atoms with Gasteiger partial charge in [-0.1, -0.05) is 23.9 Å². The Morgan fingerprint density at radius 1 is 1.22 bits per heavy atom. The van der Waals surface area contributed by atoms with Gasteiger partial charge in [0.1, 0.15) is 5.82 Å². The molecule has 3 N–H and O–H groups in total. The molecule has 2 aromatic carbocycles. The number of benzene rings is 2. The van der Waals surface area contributed by atoms with Crippen LogP contribution in [0.5, 0.6) is 0 Å². The highest BCUT2D eigenvalue weighted by atomic mass is 32.2. The van der Waals surface area contributed by atoms with Crippen molar-refractivity contribution < 1.29 is 17.6 Å². The molecule has 3 rings (SSSR count). The van der Waals surface area contributed by atoms with Crippen molar-refractivity contribution in [3.05, 3.63) is 66.7 Å². The number of anilines is 1. The van der Waals surface area contributed by atoms with E-state index in [2.05, 4.69) is 10.3 Å². The fraction of sp³-hybridized carbons (Fsp3) is 0.0588. The number of aromatic nitrogens is 2. The molecule has 0 spiro atoms. The average molecular weight is 406 g/mol. The lowest BCUT2D eigenvalue weighted by atomic mass is 10.3. The minimum absolute atomic E-state index is 0.0337. The van der Waals surface area contributed by atoms with Crippen molar-refractivity contribution in [1.82, 2.24) is 9.55 Å². The summed E-state index contributed by atoms with van der Waals surface area (Å²) in [5.41, 5.74) is 0.914. The molecule has 3 aromatic rings. The van der Waals surface area contributed by atoms with Gasteiger partial charge in [0.05, 0.1) is 16.3 Å². The lowest BCUT2D eigenvalue weighted by Crippen LogP contribution is -2.16. The third-order valence-electron chi connectivity index (χ3n) is 3.47. The van der Waals surface area contributed by atoms with E-state index in [-0.39, 0.29) is 22.4 Å². The fourth-order valence-corrected chi connectivity index (χ4v) is 3.63. The van der Waals surface area contributed by atoms with Crippen molar-refractivity contribution in [1.29, 1.82) is 0 Å². The molecule has 0 saturated heterocycles. The van der Waals surface area contributed by atoms with Crippen LogP contribution in [0.2, 0.25) is 0 Å². The Morgan fingerprint density at radius 3 is 2.74 bits per heavy atom. The number of primary sulfonamides is 1. The predicted octanol–water partition coefficient (Wildman–Crippen LogP) is 2.39. The Balaban J connectivity index is 1.67. The largest absolute Gasteiger partial charge is 0.325 e. The first-order valence-corrected chi connectivity index (χ1v) is 10.2. The molecule has 0 aliphatic heterocycles. The number of thioether (sulfide) groups is 1. The minimum atomic E-state index is -3.85. The lowest BCUT2D eigenvalue weighted by molar-refractivity contribution is -0.113. The zero-order valence-electron chi connectivity index (χ0n) is 13.9. The number of carbonyl (C=O) groups excluding carboxylic acids is 1. The first-order valence-electron chi connectivity index (χ1n) is 7.68. The third-order valence-corrected chi connectivity index (χ3v) is 5.35. The Hall–Kier alpha value is -2.69. The van der Waals surface area contributed by atoms with Crippen LogP contribution in [0.25, 0.3) is 5.69 Å². The van der Waals surface area contributed by atoms with Gasteiger partial charge in [0, 0.05) is 18.1 Å². The first-order chi connectivity index (χ1) is 12.8. The molecular formula is C17H15FN4O3S2. The second-order valence-electron chi connectivity index (χ2n) is 5.47. The number of imidazole rings is 1. The van der Waals surface area contributed by atoms with E-state index in [0.717, 1.165) is 0 Å². The first kappa shape index (κ1) is 19.1. The number of sulfonamides is 1. The van der Waals surface area contributed by atoms with Crippen molar-refractivity contribution in [2.45, 2.75) is 10.1 Å². The zero-order valence-corrected chi connectivity index (χ0v) is 15.5. The van der Waals surface area contributed by atoms with Crippen LogP contribution in [0.3, 0.4) is 0 Å². The van der Waals surface area contributed by atoms with Gasteiger partial charge in [-0.2, -0.15) is 0 Å². The van der Waals surface area contributed by atoms with Gasteiger partial charge in [-0.3, -0.25) is 9.36 Å². The standard InChI is InChI=1S/C17H15FN4O3S2/c18-12-3-1-5-14(9-12)22-8-7-20-17(22)26-11-16(23)21-13-4-2-6-15(10-13)27(19,24)25/h1-10H,11H2,(H,21,23)(H2,19,24,25). The SMILES string of the molecule is NS(=O)(=O)c1cccc(NC(=O)CSc2nccn2-c2cccc(F)c2)c1. The molecule has 140 valence electrons. The van der Waals surface area contributed by atoms with Crippen LogP contribution in [0.4, 0.5) is 10.1 Å². The summed E-state index contributed by atoms with van der Waals surface area (Å²) >= 11 is 1.17. The Labute approximate surface area is 159 Å². The van der Waals surface area contributed by atoms with E-state index in [4.69, 9.17) is 5.14 Å². The average Bonchev–Trinajstić information content (AvgIpc) is 3.08. The Kier molecular flexibility index (Phi) is 5.59. The maximum absolute atomic E-state index is 13.4. The number of rotatable bonds is 6. The van der Waals surface area contributed by atoms with Crippen LogP contribution >= 0.6 is 11.8 Å². The number of nitrogens with zero attached hydrogens (tertiary/aromatic N) is 2. The third kappa shape index (κ3) is 4.94. The quantitative estimate of drug-likeness (QED) is 0.611. The number of halogens is 1. The smallest absolute Gasteiger partial charge is 0.238 e. The molecular weight excluding hydrogens is 391 g/mol. The second kappa shape index (κ2) is 7.91. The molecule has 0 saturated carbocycles. The molecule has 0 unspecified atom stereocenters. The topological polar surface area (TPSA) is 107 Å². The number of amides is 1. The summed E-state index contributed by atoms with van der Waals surface area (Å²) in [6.07, 6.45) is 3.23. The fourth-order valence-electron chi connectivity index (χ4n) is 2.30. The number of carbonyl (C=O) groups is 1. The highest BCUT2D eigenvalue weighted by Crippen LogP contribution is 2.21. The summed E-state index contributed by atoms with van der Waals surface area (Å²) in [7, 11) is -3.85. The summed E-state index contributed by atoms with van der Waals surface area (Å²) in [6.45, 7) is 0. The Morgan fingerprint density at radius 2 is 2.00 bits per heavy atom. The molecule has 1 aromatic heterocycles. The van der Waals surface area contributed by atoms with Crippen molar-refractivity contribution in [2.24, 2.45) is 5.14 Å². The van der Waals surface area contributed by atoms with Crippen LogP contribution < -0.4 is 10.5 Å². The molecule has 27 heavy (non-hydrogen) atoms. The second-order valence-corrected chi connectivity index (χ2v) is 7.97. The van der Waals surface area contributed by atoms with Gasteiger partial charge in [0.25, 0.3) is 0 Å². The summed E-state index contributed by atoms with van der Waals surface area (Å²) in [4.78, 5) is 16.2. The van der Waals surface area contributed by atoms with Gasteiger partial charge < -0.3 is 5.32 Å². The van der Waals surface area contributed by atoms with E-state index in [1.54, 1.807) is 35.2 Å². The molecule has 7 nitrogen and oxygen atoms in total. The summed E-state index contributed by atoms with van der Waals surface area (Å²) in [5.74, 6) is -0.684. The van der Waals surface area contributed by atoms with E-state index in [9.17, 15) is 17.6 Å². The predicted molar refractivity (Wildman–Crippen MR) is 101 cm³/mol. The molecule has 0 aliphatic carbocycles. The van der Waals surface area contributed by atoms with Crippen LogP contribution in [0.1, 0.15) is 0 Å². The maximum atomic E-state index is 13.4. The van der Waals surface area contributed by atoms with E-state index in [0.29, 0.717) is 16.5 Å². The van der Waals surface area contributed by atoms with E-state index < -0.39 is 10.0 Å². The monoisotopic (exact) mass is 406 g/mol.